The van der Waals surface area contributed by atoms with E-state index in [-0.39, 0.29) is 11.4 Å². The molecule has 0 unspecified atom stereocenters. The summed E-state index contributed by atoms with van der Waals surface area (Å²) in [6, 6.07) is 1.29. The molecule has 0 saturated carbocycles. The predicted molar refractivity (Wildman–Crippen MR) is 61.9 cm³/mol. The van der Waals surface area contributed by atoms with Gasteiger partial charge in [-0.05, 0) is 22.0 Å². The molecule has 0 aromatic carbocycles. The third-order valence-corrected chi connectivity index (χ3v) is 2.29. The van der Waals surface area contributed by atoms with E-state index < -0.39 is 11.7 Å². The van der Waals surface area contributed by atoms with Crippen molar-refractivity contribution in [1.29, 1.82) is 0 Å². The Balaban J connectivity index is 2.17. The van der Waals surface area contributed by atoms with E-state index in [1.54, 1.807) is 0 Å². The number of hydrogen-bond donors (Lipinski definition) is 1. The average Bonchev–Trinajstić information content (AvgIpc) is 2.32. The Morgan fingerprint density at radius 1 is 1.29 bits per heavy atom. The molecule has 86 valence electrons. The van der Waals surface area contributed by atoms with Crippen LogP contribution in [0.4, 0.5) is 10.2 Å². The molecule has 0 aliphatic carbocycles. The van der Waals surface area contributed by atoms with Crippen LogP contribution in [0.25, 0.3) is 0 Å². The smallest absolute Gasteiger partial charge is 0.259 e. The minimum atomic E-state index is -0.685. The molecule has 0 saturated heterocycles. The van der Waals surface area contributed by atoms with Crippen LogP contribution in [0.15, 0.2) is 35.5 Å². The highest BCUT2D eigenvalue weighted by atomic mass is 79.9. The Morgan fingerprint density at radius 2 is 2.12 bits per heavy atom. The number of anilines is 1. The highest BCUT2D eigenvalue weighted by Crippen LogP contribution is 2.10. The van der Waals surface area contributed by atoms with Gasteiger partial charge in [0.15, 0.2) is 11.6 Å². The number of nitrogens with zero attached hydrogens (tertiary/aromatic N) is 3. The lowest BCUT2D eigenvalue weighted by atomic mass is 10.2. The summed E-state index contributed by atoms with van der Waals surface area (Å²) in [5, 5.41) is 2.43. The molecule has 2 aromatic heterocycles. The van der Waals surface area contributed by atoms with Crippen molar-refractivity contribution in [2.75, 3.05) is 5.32 Å². The average molecular weight is 297 g/mol. The molecule has 1 amide bonds. The SMILES string of the molecule is O=C(Nc1cnc(Br)cn1)c1ccncc1F. The van der Waals surface area contributed by atoms with E-state index in [0.29, 0.717) is 4.60 Å². The number of hydrogen-bond acceptors (Lipinski definition) is 4. The summed E-state index contributed by atoms with van der Waals surface area (Å²) in [5.41, 5.74) is -0.0929. The number of carbonyl (C=O) groups excluding carboxylic acids is 1. The summed E-state index contributed by atoms with van der Waals surface area (Å²) in [6.45, 7) is 0. The molecule has 0 bridgehead atoms. The molecule has 0 atom stereocenters. The lowest BCUT2D eigenvalue weighted by Gasteiger charge is -2.04. The van der Waals surface area contributed by atoms with Crippen molar-refractivity contribution in [3.8, 4) is 0 Å². The molecule has 1 N–H and O–H groups in total. The molecule has 0 fully saturated rings. The summed E-state index contributed by atoms with van der Waals surface area (Å²) in [5.74, 6) is -1.04. The van der Waals surface area contributed by atoms with Crippen LogP contribution in [0.5, 0.6) is 0 Å². The van der Waals surface area contributed by atoms with Crippen molar-refractivity contribution in [2.45, 2.75) is 0 Å². The maximum Gasteiger partial charge on any atom is 0.259 e. The first kappa shape index (κ1) is 11.6. The molecule has 0 radical (unpaired) electrons. The maximum absolute atomic E-state index is 13.2. The van der Waals surface area contributed by atoms with Crippen molar-refractivity contribution in [3.63, 3.8) is 0 Å². The normalized spacial score (nSPS) is 10.0. The molecule has 0 spiro atoms. The zero-order chi connectivity index (χ0) is 12.3. The van der Waals surface area contributed by atoms with Crippen LogP contribution in [0.3, 0.4) is 0 Å². The molecule has 7 heteroatoms. The summed E-state index contributed by atoms with van der Waals surface area (Å²) in [6.07, 6.45) is 5.10. The molecule has 17 heavy (non-hydrogen) atoms. The fraction of sp³-hybridized carbons (Fsp3) is 0. The Bertz CT molecular complexity index is 546. The van der Waals surface area contributed by atoms with Crippen LogP contribution in [0.1, 0.15) is 10.4 Å². The van der Waals surface area contributed by atoms with Gasteiger partial charge in [-0.15, -0.1) is 0 Å². The molecule has 5 nitrogen and oxygen atoms in total. The van der Waals surface area contributed by atoms with Gasteiger partial charge in [0.25, 0.3) is 5.91 Å². The van der Waals surface area contributed by atoms with E-state index in [1.807, 2.05) is 0 Å². The molecular formula is C10H6BrFN4O. The second kappa shape index (κ2) is 4.96. The summed E-state index contributed by atoms with van der Waals surface area (Å²) >= 11 is 3.11. The topological polar surface area (TPSA) is 67.8 Å². The van der Waals surface area contributed by atoms with E-state index >= 15 is 0 Å². The molecular weight excluding hydrogens is 291 g/mol. The number of halogens is 2. The second-order valence-corrected chi connectivity index (χ2v) is 3.85. The quantitative estimate of drug-likeness (QED) is 0.921. The Morgan fingerprint density at radius 3 is 2.76 bits per heavy atom. The van der Waals surface area contributed by atoms with E-state index in [2.05, 4.69) is 36.2 Å². The van der Waals surface area contributed by atoms with Gasteiger partial charge in [-0.3, -0.25) is 9.78 Å². The van der Waals surface area contributed by atoms with E-state index in [4.69, 9.17) is 0 Å². The molecule has 2 rings (SSSR count). The molecule has 0 aliphatic heterocycles. The molecule has 2 heterocycles. The van der Waals surface area contributed by atoms with Gasteiger partial charge in [-0.2, -0.15) is 0 Å². The van der Waals surface area contributed by atoms with Gasteiger partial charge in [-0.1, -0.05) is 0 Å². The van der Waals surface area contributed by atoms with Crippen LogP contribution < -0.4 is 5.32 Å². The number of amides is 1. The third kappa shape index (κ3) is 2.82. The van der Waals surface area contributed by atoms with Crippen LogP contribution in [0.2, 0.25) is 0 Å². The lowest BCUT2D eigenvalue weighted by molar-refractivity contribution is 0.102. The number of rotatable bonds is 2. The standard InChI is InChI=1S/C10H6BrFN4O/c11-8-4-15-9(5-14-8)16-10(17)6-1-2-13-3-7(6)12/h1-5H,(H,15,16,17). The first-order valence-electron chi connectivity index (χ1n) is 4.55. The number of pyridine rings is 1. The second-order valence-electron chi connectivity index (χ2n) is 3.03. The van der Waals surface area contributed by atoms with Crippen molar-refractivity contribution >= 4 is 27.7 Å². The Hall–Kier alpha value is -1.89. The van der Waals surface area contributed by atoms with Crippen LogP contribution in [0, 0.1) is 5.82 Å². The van der Waals surface area contributed by atoms with Crippen molar-refractivity contribution in [3.05, 3.63) is 46.8 Å². The van der Waals surface area contributed by atoms with Crippen molar-refractivity contribution < 1.29 is 9.18 Å². The van der Waals surface area contributed by atoms with E-state index in [9.17, 15) is 9.18 Å². The van der Waals surface area contributed by atoms with Crippen molar-refractivity contribution in [2.24, 2.45) is 0 Å². The first-order chi connectivity index (χ1) is 8.16. The largest absolute Gasteiger partial charge is 0.305 e. The van der Waals surface area contributed by atoms with E-state index in [1.165, 1.54) is 24.7 Å². The van der Waals surface area contributed by atoms with Crippen LogP contribution in [-0.2, 0) is 0 Å². The maximum atomic E-state index is 13.2. The van der Waals surface area contributed by atoms with E-state index in [0.717, 1.165) is 6.20 Å². The van der Waals surface area contributed by atoms with Gasteiger partial charge in [0.2, 0.25) is 0 Å². The van der Waals surface area contributed by atoms with Crippen molar-refractivity contribution in [1.82, 2.24) is 15.0 Å². The number of nitrogens with one attached hydrogen (secondary N) is 1. The monoisotopic (exact) mass is 296 g/mol. The number of carbonyl (C=O) groups is 1. The minimum Gasteiger partial charge on any atom is -0.305 e. The fourth-order valence-electron chi connectivity index (χ4n) is 1.12. The highest BCUT2D eigenvalue weighted by Gasteiger charge is 2.11. The van der Waals surface area contributed by atoms with Gasteiger partial charge in [-0.25, -0.2) is 14.4 Å². The predicted octanol–water partition coefficient (Wildman–Crippen LogP) is 2.03. The molecule has 2 aromatic rings. The van der Waals surface area contributed by atoms with Gasteiger partial charge < -0.3 is 5.32 Å². The summed E-state index contributed by atoms with van der Waals surface area (Å²) < 4.78 is 13.8. The van der Waals surface area contributed by atoms with Gasteiger partial charge in [0.1, 0.15) is 4.60 Å². The Labute approximate surface area is 104 Å². The fourth-order valence-corrected chi connectivity index (χ4v) is 1.32. The third-order valence-electron chi connectivity index (χ3n) is 1.88. The lowest BCUT2D eigenvalue weighted by Crippen LogP contribution is -2.14. The zero-order valence-corrected chi connectivity index (χ0v) is 9.98. The number of aromatic nitrogens is 3. The minimum absolute atomic E-state index is 0.0929. The molecule has 0 aliphatic rings. The highest BCUT2D eigenvalue weighted by molar-refractivity contribution is 9.10. The van der Waals surface area contributed by atoms with Gasteiger partial charge >= 0.3 is 0 Å². The van der Waals surface area contributed by atoms with Gasteiger partial charge in [0, 0.05) is 6.20 Å². The van der Waals surface area contributed by atoms with Gasteiger partial charge in [0.05, 0.1) is 24.2 Å². The first-order valence-corrected chi connectivity index (χ1v) is 5.34. The summed E-state index contributed by atoms with van der Waals surface area (Å²) in [4.78, 5) is 23.0. The van der Waals surface area contributed by atoms with Crippen LogP contribution >= 0.6 is 15.9 Å². The zero-order valence-electron chi connectivity index (χ0n) is 8.39. The summed E-state index contributed by atoms with van der Waals surface area (Å²) in [7, 11) is 0. The van der Waals surface area contributed by atoms with Crippen LogP contribution in [-0.4, -0.2) is 20.9 Å². The Kier molecular flexibility index (Phi) is 3.38.